The molecule has 0 unspecified atom stereocenters. The Bertz CT molecular complexity index is 3010. The van der Waals surface area contributed by atoms with Gasteiger partial charge >= 0.3 is 0 Å². The molecule has 3 heteroatoms. The molecular weight excluding hydrogens is 663 g/mol. The molecule has 0 atom stereocenters. The van der Waals surface area contributed by atoms with Crippen molar-refractivity contribution in [2.24, 2.45) is 0 Å². The molecule has 0 bridgehead atoms. The Morgan fingerprint density at radius 2 is 1.13 bits per heavy atom. The topological polar surface area (TPSA) is 19.0 Å². The normalized spacial score (nSPS) is 15.1. The number of nitrogens with zero attached hydrogens (tertiary/aromatic N) is 1. The fraction of sp³-hybridized carbons (Fsp3) is 0.0769. The molecule has 0 spiro atoms. The zero-order valence-corrected chi connectivity index (χ0v) is 30.9. The van der Waals surface area contributed by atoms with Crippen LogP contribution in [-0.4, -0.2) is 12.3 Å². The van der Waals surface area contributed by atoms with Gasteiger partial charge in [-0.2, -0.15) is 0 Å². The Labute approximate surface area is 322 Å². The fourth-order valence-electron chi connectivity index (χ4n) is 10.8. The third-order valence-corrected chi connectivity index (χ3v) is 13.0. The lowest BCUT2D eigenvalue weighted by Crippen LogP contribution is -2.47. The van der Waals surface area contributed by atoms with E-state index in [9.17, 15) is 0 Å². The molecule has 9 aromatic rings. The lowest BCUT2D eigenvalue weighted by Gasteiger charge is -2.49. The molecule has 3 heterocycles. The van der Waals surface area contributed by atoms with E-state index in [-0.39, 0.29) is 5.41 Å². The van der Waals surface area contributed by atoms with Crippen LogP contribution in [0.1, 0.15) is 47.4 Å². The first-order valence-electron chi connectivity index (χ1n) is 19.5. The molecule has 258 valence electrons. The van der Waals surface area contributed by atoms with Crippen LogP contribution < -0.4 is 15.8 Å². The van der Waals surface area contributed by atoms with Gasteiger partial charge in [-0.25, -0.2) is 0 Å². The number of para-hydroxylation sites is 3. The van der Waals surface area contributed by atoms with Gasteiger partial charge in [0.15, 0.2) is 7.28 Å². The molecule has 55 heavy (non-hydrogen) atoms. The molecule has 0 radical (unpaired) electrons. The Balaban J connectivity index is 1.18. The quantitative estimate of drug-likeness (QED) is 0.182. The van der Waals surface area contributed by atoms with Gasteiger partial charge in [0.1, 0.15) is 0 Å². The summed E-state index contributed by atoms with van der Waals surface area (Å²) in [6.45, 7) is 4.72. The number of H-pyrrole nitrogens is 1. The summed E-state index contributed by atoms with van der Waals surface area (Å²) >= 11 is 0. The van der Waals surface area contributed by atoms with Gasteiger partial charge in [-0.1, -0.05) is 183 Å². The molecule has 1 N–H and O–H groups in total. The molecule has 12 rings (SSSR count). The maximum absolute atomic E-state index is 4.05. The summed E-state index contributed by atoms with van der Waals surface area (Å²) in [5.74, 6) is 0. The second-order valence-corrected chi connectivity index (χ2v) is 16.1. The van der Waals surface area contributed by atoms with E-state index in [2.05, 4.69) is 200 Å². The fourth-order valence-corrected chi connectivity index (χ4v) is 10.8. The molecule has 1 aliphatic carbocycles. The lowest BCUT2D eigenvalue weighted by atomic mass is 9.54. The number of benzene rings is 8. The molecule has 1 aromatic heterocycles. The van der Waals surface area contributed by atoms with Crippen LogP contribution in [-0.2, 0) is 10.8 Å². The highest BCUT2D eigenvalue weighted by Gasteiger charge is 2.49. The number of rotatable bonds is 3. The van der Waals surface area contributed by atoms with Crippen LogP contribution >= 0.6 is 0 Å². The van der Waals surface area contributed by atoms with Crippen molar-refractivity contribution in [3.05, 3.63) is 209 Å². The second kappa shape index (κ2) is 11.0. The summed E-state index contributed by atoms with van der Waals surface area (Å²) in [6.07, 6.45) is 0. The third kappa shape index (κ3) is 3.90. The van der Waals surface area contributed by atoms with Crippen molar-refractivity contribution in [1.29, 1.82) is 0 Å². The van der Waals surface area contributed by atoms with Gasteiger partial charge < -0.3 is 9.88 Å². The van der Waals surface area contributed by atoms with E-state index < -0.39 is 5.41 Å². The van der Waals surface area contributed by atoms with Crippen LogP contribution in [0.3, 0.4) is 0 Å². The minimum Gasteiger partial charge on any atom is -0.357 e. The summed E-state index contributed by atoms with van der Waals surface area (Å²) < 4.78 is 0. The van der Waals surface area contributed by atoms with Crippen molar-refractivity contribution in [2.75, 3.05) is 4.90 Å². The van der Waals surface area contributed by atoms with Crippen molar-refractivity contribution >= 4 is 56.9 Å². The summed E-state index contributed by atoms with van der Waals surface area (Å²) in [5, 5.41) is 3.82. The molecule has 0 fully saturated rings. The zero-order chi connectivity index (χ0) is 36.5. The van der Waals surface area contributed by atoms with Crippen LogP contribution in [0.5, 0.6) is 0 Å². The molecule has 2 nitrogen and oxygen atoms in total. The van der Waals surface area contributed by atoms with Crippen molar-refractivity contribution in [3.8, 4) is 22.3 Å². The Morgan fingerprint density at radius 3 is 1.93 bits per heavy atom. The molecule has 0 amide bonds. The third-order valence-electron chi connectivity index (χ3n) is 13.0. The summed E-state index contributed by atoms with van der Waals surface area (Å²) in [4.78, 5) is 6.68. The van der Waals surface area contributed by atoms with Crippen molar-refractivity contribution in [1.82, 2.24) is 4.98 Å². The van der Waals surface area contributed by atoms with E-state index in [1.807, 2.05) is 0 Å². The van der Waals surface area contributed by atoms with Crippen LogP contribution in [0, 0.1) is 0 Å². The van der Waals surface area contributed by atoms with Gasteiger partial charge in [-0.3, -0.25) is 0 Å². The zero-order valence-electron chi connectivity index (χ0n) is 30.9. The Hall–Kier alpha value is -6.58. The summed E-state index contributed by atoms with van der Waals surface area (Å²) in [5.41, 5.74) is 20.3. The van der Waals surface area contributed by atoms with E-state index in [1.54, 1.807) is 0 Å². The van der Waals surface area contributed by atoms with E-state index in [0.717, 1.165) is 7.28 Å². The van der Waals surface area contributed by atoms with Crippen molar-refractivity contribution < 1.29 is 0 Å². The van der Waals surface area contributed by atoms with Gasteiger partial charge in [0.05, 0.1) is 16.6 Å². The van der Waals surface area contributed by atoms with Gasteiger partial charge in [-0.15, -0.1) is 0 Å². The first kappa shape index (κ1) is 30.8. The first-order chi connectivity index (χ1) is 27.1. The monoisotopic (exact) mass is 700 g/mol. The van der Waals surface area contributed by atoms with Crippen LogP contribution in [0.4, 0.5) is 17.1 Å². The van der Waals surface area contributed by atoms with Gasteiger partial charge in [0, 0.05) is 44.4 Å². The average Bonchev–Trinajstić information content (AvgIpc) is 3.74. The van der Waals surface area contributed by atoms with Gasteiger partial charge in [-0.05, 0) is 61.9 Å². The maximum atomic E-state index is 4.05. The molecule has 8 aromatic carbocycles. The second-order valence-electron chi connectivity index (χ2n) is 16.1. The number of fused-ring (bicyclic) bond motifs is 11. The number of nitrogens with one attached hydrogen (secondary N) is 1. The smallest absolute Gasteiger partial charge is 0.198 e. The van der Waals surface area contributed by atoms with Gasteiger partial charge in [0.2, 0.25) is 0 Å². The van der Waals surface area contributed by atoms with Crippen molar-refractivity contribution in [2.45, 2.75) is 24.7 Å². The van der Waals surface area contributed by atoms with Gasteiger partial charge in [0.25, 0.3) is 0 Å². The summed E-state index contributed by atoms with van der Waals surface area (Å²) in [7, 11) is 0.835. The van der Waals surface area contributed by atoms with E-state index >= 15 is 0 Å². The molecule has 3 aliphatic rings. The van der Waals surface area contributed by atoms with E-state index in [1.165, 1.54) is 105 Å². The summed E-state index contributed by atoms with van der Waals surface area (Å²) in [6, 6.07) is 65.8. The highest BCUT2D eigenvalue weighted by atomic mass is 15.2. The number of aromatic amines is 1. The molecular formula is C52H37BN2. The Morgan fingerprint density at radius 1 is 0.509 bits per heavy atom. The average molecular weight is 701 g/mol. The van der Waals surface area contributed by atoms with Crippen molar-refractivity contribution in [3.63, 3.8) is 0 Å². The van der Waals surface area contributed by atoms with E-state index in [0.29, 0.717) is 0 Å². The SMILES string of the molecule is CC1(C)c2ccccc2-c2c1[nH]c1c(-c3cc4ccccc4c4c3Bc3cccc5c3N4c3ccccc3C5(c3ccccc3)c3ccccc3)cccc21. The molecule has 0 saturated carbocycles. The molecule has 2 aliphatic heterocycles. The minimum atomic E-state index is -0.495. The molecule has 0 saturated heterocycles. The van der Waals surface area contributed by atoms with Crippen LogP contribution in [0.15, 0.2) is 176 Å². The lowest BCUT2D eigenvalue weighted by molar-refractivity contribution is 0.642. The standard InChI is InChI=1S/C52H37BN2/c1-51(2)40-26-12-11-23-37(40)45-38-25-15-24-36(47(38)54-50(45)51)39-31-32-17-9-10-22-35(32)48-46(39)53-43-29-16-28-42-49(43)55(48)44-30-14-13-27-41(44)52(42,33-18-5-3-6-19-33)34-20-7-4-8-21-34/h3-31,53-54H,1-2H3. The number of hydrogen-bond acceptors (Lipinski definition) is 1. The number of anilines is 3. The predicted molar refractivity (Wildman–Crippen MR) is 232 cm³/mol. The Kier molecular flexibility index (Phi) is 6.16. The maximum Gasteiger partial charge on any atom is 0.198 e. The first-order valence-corrected chi connectivity index (χ1v) is 19.5. The number of hydrogen-bond donors (Lipinski definition) is 1. The highest BCUT2D eigenvalue weighted by molar-refractivity contribution is 6.74. The highest BCUT2D eigenvalue weighted by Crippen LogP contribution is 2.59. The van der Waals surface area contributed by atoms with Crippen LogP contribution in [0.2, 0.25) is 0 Å². The van der Waals surface area contributed by atoms with E-state index in [4.69, 9.17) is 0 Å². The number of aromatic nitrogens is 1. The van der Waals surface area contributed by atoms with Crippen LogP contribution in [0.25, 0.3) is 43.9 Å². The largest absolute Gasteiger partial charge is 0.357 e. The minimum absolute atomic E-state index is 0.109. The predicted octanol–water partition coefficient (Wildman–Crippen LogP) is 11.2.